The number of nitrogens with zero attached hydrogens (tertiary/aromatic N) is 4. The maximum atomic E-state index is 13.9. The molecule has 0 aliphatic rings. The third-order valence-corrected chi connectivity index (χ3v) is 6.87. The van der Waals surface area contributed by atoms with E-state index < -0.39 is 52.3 Å². The van der Waals surface area contributed by atoms with Gasteiger partial charge in [-0.1, -0.05) is 17.7 Å². The molecule has 0 amide bonds. The van der Waals surface area contributed by atoms with Gasteiger partial charge in [-0.05, 0) is 63.9 Å². The molecule has 0 atom stereocenters. The van der Waals surface area contributed by atoms with E-state index in [1.807, 2.05) is 0 Å². The van der Waals surface area contributed by atoms with E-state index in [4.69, 9.17) is 16.3 Å². The summed E-state index contributed by atoms with van der Waals surface area (Å²) in [5.74, 6) is -3.25. The summed E-state index contributed by atoms with van der Waals surface area (Å²) < 4.78 is 35.3. The number of aromatic nitrogens is 4. The fraction of sp³-hybridized carbons (Fsp3) is 0.367. The monoisotopic (exact) mass is 632 g/mol. The van der Waals surface area contributed by atoms with Crippen molar-refractivity contribution >= 4 is 34.4 Å². The number of imidazole rings is 1. The van der Waals surface area contributed by atoms with E-state index in [0.29, 0.717) is 11.6 Å². The van der Waals surface area contributed by atoms with Crippen LogP contribution in [0.1, 0.15) is 61.3 Å². The van der Waals surface area contributed by atoms with Crippen LogP contribution in [0.25, 0.3) is 11.0 Å². The van der Waals surface area contributed by atoms with Gasteiger partial charge in [0.05, 0.1) is 35.1 Å². The van der Waals surface area contributed by atoms with Gasteiger partial charge in [-0.3, -0.25) is 19.0 Å². The molecule has 0 unspecified atom stereocenters. The van der Waals surface area contributed by atoms with E-state index in [2.05, 4.69) is 4.98 Å². The number of aryl methyl sites for hydroxylation is 2. The van der Waals surface area contributed by atoms with Crippen LogP contribution in [0.3, 0.4) is 0 Å². The third-order valence-electron chi connectivity index (χ3n) is 6.54. The van der Waals surface area contributed by atoms with Crippen LogP contribution in [-0.4, -0.2) is 51.9 Å². The first-order valence-corrected chi connectivity index (χ1v) is 13.9. The maximum absolute atomic E-state index is 13.9. The van der Waals surface area contributed by atoms with Crippen LogP contribution in [0, 0.1) is 11.6 Å². The lowest BCUT2D eigenvalue weighted by Gasteiger charge is -2.16. The summed E-state index contributed by atoms with van der Waals surface area (Å²) in [6.45, 7) is 5.39. The van der Waals surface area contributed by atoms with E-state index in [9.17, 15) is 38.2 Å². The van der Waals surface area contributed by atoms with Crippen molar-refractivity contribution in [2.24, 2.45) is 0 Å². The van der Waals surface area contributed by atoms with E-state index in [-0.39, 0.29) is 53.5 Å². The average molecular weight is 633 g/mol. The van der Waals surface area contributed by atoms with Gasteiger partial charge < -0.3 is 14.9 Å². The molecule has 2 aromatic carbocycles. The number of benzene rings is 2. The normalized spacial score (nSPS) is 12.1. The van der Waals surface area contributed by atoms with Crippen molar-refractivity contribution in [2.45, 2.75) is 71.3 Å². The molecule has 0 spiro atoms. The number of ether oxygens (including phenoxy) is 1. The minimum Gasteiger partial charge on any atom is -0.471 e. The zero-order chi connectivity index (χ0) is 32.6. The Bertz CT molecular complexity index is 1870. The third kappa shape index (κ3) is 7.47. The van der Waals surface area contributed by atoms with Crippen molar-refractivity contribution in [1.82, 2.24) is 18.7 Å². The Kier molecular flexibility index (Phi) is 9.24. The second-order valence-corrected chi connectivity index (χ2v) is 12.1. The van der Waals surface area contributed by atoms with Gasteiger partial charge in [0.25, 0.3) is 5.56 Å². The van der Waals surface area contributed by atoms with E-state index in [1.54, 1.807) is 6.07 Å². The number of aliphatic hydroxyl groups is 2. The minimum atomic E-state index is -1.43. The number of hydrogen-bond donors (Lipinski definition) is 2. The van der Waals surface area contributed by atoms with Gasteiger partial charge >= 0.3 is 5.69 Å². The molecule has 11 nitrogen and oxygen atoms in total. The number of rotatable bonds is 10. The highest BCUT2D eigenvalue weighted by Gasteiger charge is 2.28. The molecule has 2 aromatic heterocycles. The molecule has 4 aromatic rings. The molecule has 0 saturated carbocycles. The lowest BCUT2D eigenvalue weighted by molar-refractivity contribution is 0.0529. The number of halogens is 3. The standard InChI is InChI=1S/C30H31ClF2N4O7/c1-29(2,42)13-23(38)36-21-8-5-17(11-22(21)37(28(36)41)24(39)14-30(3,4)43)9-10-35-16-34-26(25(31)27(35)40)44-15-18-6-7-19(32)12-20(18)33/h5-8,11-12,16,42-43H,9-10,13-15H2,1-4H3. The summed E-state index contributed by atoms with van der Waals surface area (Å²) in [5.41, 5.74) is -3.53. The lowest BCUT2D eigenvalue weighted by Crippen LogP contribution is -2.37. The molecule has 2 N–H and O–H groups in total. The Morgan fingerprint density at radius 2 is 1.55 bits per heavy atom. The van der Waals surface area contributed by atoms with Crippen LogP contribution in [0.5, 0.6) is 5.88 Å². The fourth-order valence-corrected chi connectivity index (χ4v) is 4.73. The van der Waals surface area contributed by atoms with Crippen LogP contribution < -0.4 is 16.0 Å². The fourth-order valence-electron chi connectivity index (χ4n) is 4.52. The van der Waals surface area contributed by atoms with E-state index in [0.717, 1.165) is 15.2 Å². The van der Waals surface area contributed by atoms with Crippen LogP contribution in [-0.2, 0) is 19.6 Å². The maximum Gasteiger partial charge on any atom is 0.342 e. The molecule has 4 rings (SSSR count). The van der Waals surface area contributed by atoms with Gasteiger partial charge in [0.1, 0.15) is 24.6 Å². The topological polar surface area (TPSA) is 146 Å². The summed E-state index contributed by atoms with van der Waals surface area (Å²) >= 11 is 6.17. The highest BCUT2D eigenvalue weighted by molar-refractivity contribution is 6.31. The first-order valence-electron chi connectivity index (χ1n) is 13.5. The Morgan fingerprint density at radius 1 is 0.932 bits per heavy atom. The summed E-state index contributed by atoms with van der Waals surface area (Å²) in [7, 11) is 0. The molecule has 0 saturated heterocycles. The number of carbonyl (C=O) groups is 2. The lowest BCUT2D eigenvalue weighted by atomic mass is 10.1. The first kappa shape index (κ1) is 32.7. The Labute approximate surface area is 254 Å². The van der Waals surface area contributed by atoms with Crippen molar-refractivity contribution in [2.75, 3.05) is 0 Å². The van der Waals surface area contributed by atoms with Crippen LogP contribution in [0.15, 0.2) is 52.3 Å². The Morgan fingerprint density at radius 3 is 2.14 bits per heavy atom. The van der Waals surface area contributed by atoms with Crippen LogP contribution in [0.2, 0.25) is 5.02 Å². The molecule has 0 aliphatic carbocycles. The van der Waals surface area contributed by atoms with Gasteiger partial charge in [-0.15, -0.1) is 0 Å². The van der Waals surface area contributed by atoms with Gasteiger partial charge in [0.15, 0.2) is 5.02 Å². The van der Waals surface area contributed by atoms with E-state index >= 15 is 0 Å². The van der Waals surface area contributed by atoms with Crippen LogP contribution >= 0.6 is 11.6 Å². The zero-order valence-corrected chi connectivity index (χ0v) is 25.2. The summed E-state index contributed by atoms with van der Waals surface area (Å²) in [4.78, 5) is 56.3. The summed E-state index contributed by atoms with van der Waals surface area (Å²) in [5, 5.41) is 20.0. The molecular weight excluding hydrogens is 602 g/mol. The molecule has 0 bridgehead atoms. The van der Waals surface area contributed by atoms with Crippen molar-refractivity contribution in [3.8, 4) is 5.88 Å². The Balaban J connectivity index is 1.61. The minimum absolute atomic E-state index is 0.0407. The van der Waals surface area contributed by atoms with Gasteiger partial charge in [0, 0.05) is 18.2 Å². The molecule has 14 heteroatoms. The van der Waals surface area contributed by atoms with Crippen molar-refractivity contribution in [1.29, 1.82) is 0 Å². The predicted octanol–water partition coefficient (Wildman–Crippen LogP) is 3.72. The first-order chi connectivity index (χ1) is 20.4. The second kappa shape index (κ2) is 12.4. The molecular formula is C30H31ClF2N4O7. The molecule has 44 heavy (non-hydrogen) atoms. The summed E-state index contributed by atoms with van der Waals surface area (Å²) in [6.07, 6.45) is 0.615. The summed E-state index contributed by atoms with van der Waals surface area (Å²) in [6, 6.07) is 7.61. The SMILES string of the molecule is CC(C)(O)CC(=O)n1c(=O)n(C(=O)CC(C)(C)O)c2cc(CCn3cnc(OCc4ccc(F)cc4F)c(Cl)c3=O)ccc21. The molecule has 0 fully saturated rings. The molecule has 2 heterocycles. The number of carbonyl (C=O) groups excluding carboxylic acids is 2. The highest BCUT2D eigenvalue weighted by Crippen LogP contribution is 2.22. The number of fused-ring (bicyclic) bond motifs is 1. The molecule has 0 aliphatic heterocycles. The van der Waals surface area contributed by atoms with Crippen molar-refractivity contribution in [3.05, 3.63) is 91.3 Å². The van der Waals surface area contributed by atoms with Crippen molar-refractivity contribution in [3.63, 3.8) is 0 Å². The van der Waals surface area contributed by atoms with Crippen LogP contribution in [0.4, 0.5) is 8.78 Å². The van der Waals surface area contributed by atoms with Gasteiger partial charge in [-0.25, -0.2) is 27.7 Å². The highest BCUT2D eigenvalue weighted by atomic mass is 35.5. The van der Waals surface area contributed by atoms with E-state index in [1.165, 1.54) is 56.8 Å². The van der Waals surface area contributed by atoms with Crippen molar-refractivity contribution < 1.29 is 33.3 Å². The Hall–Kier alpha value is -4.20. The average Bonchev–Trinajstić information content (AvgIpc) is 3.19. The predicted molar refractivity (Wildman–Crippen MR) is 157 cm³/mol. The smallest absolute Gasteiger partial charge is 0.342 e. The number of hydrogen-bond acceptors (Lipinski definition) is 8. The zero-order valence-electron chi connectivity index (χ0n) is 24.4. The van der Waals surface area contributed by atoms with Gasteiger partial charge in [0.2, 0.25) is 17.7 Å². The molecule has 234 valence electrons. The second-order valence-electron chi connectivity index (χ2n) is 11.7. The molecule has 0 radical (unpaired) electrons. The quantitative estimate of drug-likeness (QED) is 0.269. The largest absolute Gasteiger partial charge is 0.471 e. The van der Waals surface area contributed by atoms with Gasteiger partial charge in [-0.2, -0.15) is 0 Å².